The standard InChI is InChI=1S/C17H25N5O.HI/c1-3-18-17(20-14-15-10-12-21-22(15)2)19-11-7-13-23-16-8-5-4-6-9-16;/h4-6,8-10,12H,3,7,11,13-14H2,1-2H3,(H2,18,19,20);1H. The second-order valence-electron chi connectivity index (χ2n) is 5.08. The largest absolute Gasteiger partial charge is 0.494 e. The smallest absolute Gasteiger partial charge is 0.191 e. The minimum atomic E-state index is 0. The molecule has 2 aromatic rings. The predicted molar refractivity (Wildman–Crippen MR) is 108 cm³/mol. The first-order valence-electron chi connectivity index (χ1n) is 7.96. The number of aryl methyl sites for hydroxylation is 1. The molecule has 2 rings (SSSR count). The summed E-state index contributed by atoms with van der Waals surface area (Å²) in [6, 6.07) is 11.8. The number of nitrogens with one attached hydrogen (secondary N) is 2. The van der Waals surface area contributed by atoms with Crippen LogP contribution in [0, 0.1) is 0 Å². The lowest BCUT2D eigenvalue weighted by Gasteiger charge is -2.11. The molecule has 24 heavy (non-hydrogen) atoms. The third-order valence-electron chi connectivity index (χ3n) is 3.29. The van der Waals surface area contributed by atoms with Crippen LogP contribution in [0.3, 0.4) is 0 Å². The summed E-state index contributed by atoms with van der Waals surface area (Å²) in [6.45, 7) is 4.98. The van der Waals surface area contributed by atoms with Gasteiger partial charge in [0.25, 0.3) is 0 Å². The topological polar surface area (TPSA) is 63.5 Å². The van der Waals surface area contributed by atoms with Gasteiger partial charge in [-0.1, -0.05) is 18.2 Å². The number of ether oxygens (including phenoxy) is 1. The molecule has 0 spiro atoms. The number of benzene rings is 1. The fourth-order valence-electron chi connectivity index (χ4n) is 2.04. The van der Waals surface area contributed by atoms with Crippen LogP contribution in [-0.2, 0) is 13.6 Å². The van der Waals surface area contributed by atoms with E-state index in [0.717, 1.165) is 36.9 Å². The maximum atomic E-state index is 5.67. The average molecular weight is 443 g/mol. The van der Waals surface area contributed by atoms with E-state index in [2.05, 4.69) is 27.6 Å². The summed E-state index contributed by atoms with van der Waals surface area (Å²) in [5, 5.41) is 10.7. The van der Waals surface area contributed by atoms with Crippen LogP contribution in [0.15, 0.2) is 47.6 Å². The highest BCUT2D eigenvalue weighted by molar-refractivity contribution is 14.0. The van der Waals surface area contributed by atoms with Gasteiger partial charge in [-0.05, 0) is 31.5 Å². The Labute approximate surface area is 160 Å². The quantitative estimate of drug-likeness (QED) is 0.285. The van der Waals surface area contributed by atoms with E-state index in [4.69, 9.17) is 4.74 Å². The molecule has 0 unspecified atom stereocenters. The van der Waals surface area contributed by atoms with E-state index in [-0.39, 0.29) is 24.0 Å². The lowest BCUT2D eigenvalue weighted by Crippen LogP contribution is -2.38. The molecular weight excluding hydrogens is 417 g/mol. The monoisotopic (exact) mass is 443 g/mol. The molecule has 1 aromatic carbocycles. The lowest BCUT2D eigenvalue weighted by molar-refractivity contribution is 0.311. The van der Waals surface area contributed by atoms with Crippen molar-refractivity contribution in [3.05, 3.63) is 48.3 Å². The Kier molecular flexibility index (Phi) is 9.90. The Morgan fingerprint density at radius 2 is 2.00 bits per heavy atom. The normalized spacial score (nSPS) is 10.8. The van der Waals surface area contributed by atoms with E-state index >= 15 is 0 Å². The van der Waals surface area contributed by atoms with Crippen LogP contribution in [-0.4, -0.2) is 35.4 Å². The van der Waals surface area contributed by atoms with E-state index in [9.17, 15) is 0 Å². The van der Waals surface area contributed by atoms with Crippen LogP contribution < -0.4 is 15.4 Å². The van der Waals surface area contributed by atoms with Crippen LogP contribution in [0.4, 0.5) is 0 Å². The maximum absolute atomic E-state index is 5.67. The minimum Gasteiger partial charge on any atom is -0.494 e. The van der Waals surface area contributed by atoms with Crippen molar-refractivity contribution in [2.75, 3.05) is 19.7 Å². The van der Waals surface area contributed by atoms with Crippen LogP contribution >= 0.6 is 24.0 Å². The molecule has 1 aromatic heterocycles. The minimum absolute atomic E-state index is 0. The molecule has 0 fully saturated rings. The van der Waals surface area contributed by atoms with E-state index in [1.807, 2.05) is 48.1 Å². The Bertz CT molecular complexity index is 600. The summed E-state index contributed by atoms with van der Waals surface area (Å²) in [4.78, 5) is 4.57. The number of para-hydroxylation sites is 1. The first-order valence-corrected chi connectivity index (χ1v) is 7.96. The van der Waals surface area contributed by atoms with Gasteiger partial charge in [0, 0.05) is 26.3 Å². The van der Waals surface area contributed by atoms with Gasteiger partial charge < -0.3 is 15.4 Å². The van der Waals surface area contributed by atoms with Gasteiger partial charge in [-0.3, -0.25) is 4.68 Å². The number of guanidine groups is 1. The molecule has 2 N–H and O–H groups in total. The highest BCUT2D eigenvalue weighted by Crippen LogP contribution is 2.08. The van der Waals surface area contributed by atoms with Gasteiger partial charge in [-0.2, -0.15) is 5.10 Å². The zero-order chi connectivity index (χ0) is 16.3. The summed E-state index contributed by atoms with van der Waals surface area (Å²) < 4.78 is 7.50. The van der Waals surface area contributed by atoms with Gasteiger partial charge in [-0.15, -0.1) is 24.0 Å². The van der Waals surface area contributed by atoms with Crippen molar-refractivity contribution in [1.82, 2.24) is 20.4 Å². The molecule has 0 amide bonds. The van der Waals surface area contributed by atoms with Crippen molar-refractivity contribution in [3.8, 4) is 5.75 Å². The second-order valence-corrected chi connectivity index (χ2v) is 5.08. The Hall–Kier alpha value is -1.77. The van der Waals surface area contributed by atoms with E-state index in [1.165, 1.54) is 0 Å². The zero-order valence-corrected chi connectivity index (χ0v) is 16.6. The third kappa shape index (κ3) is 7.20. The molecule has 0 atom stereocenters. The number of aromatic nitrogens is 2. The molecule has 0 aliphatic carbocycles. The third-order valence-corrected chi connectivity index (χ3v) is 3.29. The maximum Gasteiger partial charge on any atom is 0.191 e. The molecule has 0 aliphatic heterocycles. The van der Waals surface area contributed by atoms with Crippen LogP contribution in [0.25, 0.3) is 0 Å². The average Bonchev–Trinajstić information content (AvgIpc) is 2.98. The van der Waals surface area contributed by atoms with Gasteiger partial charge >= 0.3 is 0 Å². The van der Waals surface area contributed by atoms with Crippen molar-refractivity contribution >= 4 is 29.9 Å². The van der Waals surface area contributed by atoms with Gasteiger partial charge in [0.2, 0.25) is 0 Å². The van der Waals surface area contributed by atoms with Crippen molar-refractivity contribution in [1.29, 1.82) is 0 Å². The lowest BCUT2D eigenvalue weighted by atomic mass is 10.3. The predicted octanol–water partition coefficient (Wildman–Crippen LogP) is 2.56. The summed E-state index contributed by atoms with van der Waals surface area (Å²) in [6.07, 6.45) is 2.69. The van der Waals surface area contributed by atoms with Crippen LogP contribution in [0.5, 0.6) is 5.75 Å². The number of nitrogens with zero attached hydrogens (tertiary/aromatic N) is 3. The molecule has 0 saturated carbocycles. The SMILES string of the molecule is CCNC(=NCc1ccnn1C)NCCCOc1ccccc1.I. The molecule has 7 heteroatoms. The number of hydrogen-bond acceptors (Lipinski definition) is 3. The Balaban J connectivity index is 0.00000288. The van der Waals surface area contributed by atoms with Crippen molar-refractivity contribution in [3.63, 3.8) is 0 Å². The van der Waals surface area contributed by atoms with Crippen molar-refractivity contribution in [2.45, 2.75) is 19.9 Å². The summed E-state index contributed by atoms with van der Waals surface area (Å²) >= 11 is 0. The fraction of sp³-hybridized carbons (Fsp3) is 0.412. The Morgan fingerprint density at radius 3 is 2.67 bits per heavy atom. The molecule has 6 nitrogen and oxygen atoms in total. The summed E-state index contributed by atoms with van der Waals surface area (Å²) in [5.41, 5.74) is 1.08. The first kappa shape index (κ1) is 20.3. The summed E-state index contributed by atoms with van der Waals surface area (Å²) in [5.74, 6) is 1.72. The molecule has 0 aliphatic rings. The van der Waals surface area contributed by atoms with Crippen LogP contribution in [0.2, 0.25) is 0 Å². The van der Waals surface area contributed by atoms with Gasteiger partial charge in [0.15, 0.2) is 5.96 Å². The zero-order valence-electron chi connectivity index (χ0n) is 14.2. The molecule has 0 saturated heterocycles. The number of rotatable bonds is 8. The molecule has 1 heterocycles. The number of aliphatic imine (C=N–C) groups is 1. The summed E-state index contributed by atoms with van der Waals surface area (Å²) in [7, 11) is 1.92. The van der Waals surface area contributed by atoms with Crippen molar-refractivity contribution < 1.29 is 4.74 Å². The first-order chi connectivity index (χ1) is 11.3. The highest BCUT2D eigenvalue weighted by atomic mass is 127. The second kappa shape index (κ2) is 11.7. The number of halogens is 1. The molecule has 132 valence electrons. The number of hydrogen-bond donors (Lipinski definition) is 2. The van der Waals surface area contributed by atoms with E-state index in [0.29, 0.717) is 13.2 Å². The van der Waals surface area contributed by atoms with E-state index in [1.54, 1.807) is 6.20 Å². The van der Waals surface area contributed by atoms with Crippen LogP contribution in [0.1, 0.15) is 19.0 Å². The van der Waals surface area contributed by atoms with Gasteiger partial charge in [0.1, 0.15) is 5.75 Å². The van der Waals surface area contributed by atoms with E-state index < -0.39 is 0 Å². The molecule has 0 radical (unpaired) electrons. The highest BCUT2D eigenvalue weighted by Gasteiger charge is 2.00. The van der Waals surface area contributed by atoms with Gasteiger partial charge in [0.05, 0.1) is 18.8 Å². The fourth-order valence-corrected chi connectivity index (χ4v) is 2.04. The van der Waals surface area contributed by atoms with Gasteiger partial charge in [-0.25, -0.2) is 4.99 Å². The van der Waals surface area contributed by atoms with Crippen molar-refractivity contribution in [2.24, 2.45) is 12.0 Å². The Morgan fingerprint density at radius 1 is 1.21 bits per heavy atom. The molecule has 0 bridgehead atoms. The molecular formula is C17H26IN5O.